The molecule has 17 heavy (non-hydrogen) atoms. The van der Waals surface area contributed by atoms with E-state index in [1.165, 1.54) is 0 Å². The van der Waals surface area contributed by atoms with Crippen molar-refractivity contribution >= 4 is 35.8 Å². The Morgan fingerprint density at radius 3 is 2.53 bits per heavy atom. The smallest absolute Gasteiger partial charge is 0.191 e. The van der Waals surface area contributed by atoms with Crippen LogP contribution in [0.15, 0.2) is 23.3 Å². The van der Waals surface area contributed by atoms with Crippen molar-refractivity contribution < 1.29 is 0 Å². The van der Waals surface area contributed by atoms with Gasteiger partial charge < -0.3 is 15.5 Å². The average molecular weight is 349 g/mol. The third-order valence-corrected chi connectivity index (χ3v) is 2.16. The van der Waals surface area contributed by atoms with Crippen LogP contribution >= 0.6 is 24.0 Å². The number of nitrogens with zero attached hydrogens (tertiary/aromatic N) is 4. The van der Waals surface area contributed by atoms with Crippen LogP contribution < -0.4 is 10.6 Å². The zero-order valence-corrected chi connectivity index (χ0v) is 13.0. The molecule has 1 aromatic rings. The second-order valence-electron chi connectivity index (χ2n) is 3.95. The molecule has 96 valence electrons. The Labute approximate surface area is 120 Å². The fourth-order valence-corrected chi connectivity index (χ4v) is 1.26. The van der Waals surface area contributed by atoms with Crippen LogP contribution in [0, 0.1) is 0 Å². The van der Waals surface area contributed by atoms with E-state index in [9.17, 15) is 0 Å². The first kappa shape index (κ1) is 16.0. The maximum atomic E-state index is 5.73. The quantitative estimate of drug-likeness (QED) is 0.505. The fourth-order valence-electron chi connectivity index (χ4n) is 1.26. The number of aromatic nitrogens is 1. The summed E-state index contributed by atoms with van der Waals surface area (Å²) >= 11 is 0. The lowest BCUT2D eigenvalue weighted by molar-refractivity contribution is 0.609. The van der Waals surface area contributed by atoms with E-state index >= 15 is 0 Å². The fraction of sp³-hybridized carbons (Fsp3) is 0.455. The molecule has 0 aliphatic carbocycles. The van der Waals surface area contributed by atoms with Gasteiger partial charge in [-0.2, -0.15) is 0 Å². The predicted octanol–water partition coefficient (Wildman–Crippen LogP) is 1.14. The first-order chi connectivity index (χ1) is 7.52. The third-order valence-electron chi connectivity index (χ3n) is 2.16. The summed E-state index contributed by atoms with van der Waals surface area (Å²) in [7, 11) is 7.67. The minimum absolute atomic E-state index is 0. The van der Waals surface area contributed by atoms with Crippen molar-refractivity contribution in [1.82, 2.24) is 9.88 Å². The molecule has 0 saturated carbocycles. The molecule has 0 spiro atoms. The molecule has 0 bridgehead atoms. The van der Waals surface area contributed by atoms with E-state index in [-0.39, 0.29) is 24.0 Å². The summed E-state index contributed by atoms with van der Waals surface area (Å²) in [6.07, 6.45) is 1.78. The SMILES string of the molecule is CN(C)C(N)=NCc1cccnc1N(C)C.I. The summed E-state index contributed by atoms with van der Waals surface area (Å²) in [5.41, 5.74) is 6.80. The van der Waals surface area contributed by atoms with Gasteiger partial charge >= 0.3 is 0 Å². The molecule has 1 rings (SSSR count). The topological polar surface area (TPSA) is 57.8 Å². The molecule has 0 unspecified atom stereocenters. The van der Waals surface area contributed by atoms with Gasteiger partial charge in [0.2, 0.25) is 0 Å². The largest absolute Gasteiger partial charge is 0.370 e. The number of hydrogen-bond donors (Lipinski definition) is 1. The van der Waals surface area contributed by atoms with E-state index in [0.29, 0.717) is 12.5 Å². The molecule has 0 aromatic carbocycles. The van der Waals surface area contributed by atoms with Crippen molar-refractivity contribution in [3.63, 3.8) is 0 Å². The van der Waals surface area contributed by atoms with Gasteiger partial charge in [0, 0.05) is 40.0 Å². The van der Waals surface area contributed by atoms with Crippen molar-refractivity contribution in [1.29, 1.82) is 0 Å². The second-order valence-corrected chi connectivity index (χ2v) is 3.95. The van der Waals surface area contributed by atoms with Gasteiger partial charge in [-0.1, -0.05) is 6.07 Å². The lowest BCUT2D eigenvalue weighted by Crippen LogP contribution is -2.30. The zero-order valence-electron chi connectivity index (χ0n) is 10.7. The Bertz CT molecular complexity index is 376. The lowest BCUT2D eigenvalue weighted by atomic mass is 10.2. The minimum Gasteiger partial charge on any atom is -0.370 e. The number of guanidine groups is 1. The van der Waals surface area contributed by atoms with E-state index < -0.39 is 0 Å². The van der Waals surface area contributed by atoms with Crippen molar-refractivity contribution in [2.24, 2.45) is 10.7 Å². The third kappa shape index (κ3) is 4.76. The first-order valence-corrected chi connectivity index (χ1v) is 5.11. The summed E-state index contributed by atoms with van der Waals surface area (Å²) in [5.74, 6) is 1.45. The molecule has 0 atom stereocenters. The molecule has 5 nitrogen and oxygen atoms in total. The number of anilines is 1. The molecule has 0 saturated heterocycles. The van der Waals surface area contributed by atoms with Gasteiger partial charge in [-0.25, -0.2) is 9.98 Å². The second kappa shape index (κ2) is 7.31. The number of aliphatic imine (C=N–C) groups is 1. The van der Waals surface area contributed by atoms with Gasteiger partial charge in [0.15, 0.2) is 5.96 Å². The monoisotopic (exact) mass is 349 g/mol. The van der Waals surface area contributed by atoms with Gasteiger partial charge in [-0.3, -0.25) is 0 Å². The van der Waals surface area contributed by atoms with Crippen molar-refractivity contribution in [3.05, 3.63) is 23.9 Å². The molecular formula is C11H20IN5. The van der Waals surface area contributed by atoms with Crippen LogP contribution in [-0.2, 0) is 6.54 Å². The Kier molecular flexibility index (Phi) is 6.86. The Balaban J connectivity index is 0.00000256. The van der Waals surface area contributed by atoms with E-state index in [2.05, 4.69) is 9.98 Å². The summed E-state index contributed by atoms with van der Waals surface area (Å²) in [6.45, 7) is 0.547. The average Bonchev–Trinajstić information content (AvgIpc) is 2.25. The molecule has 1 heterocycles. The molecule has 0 aliphatic rings. The number of hydrogen-bond acceptors (Lipinski definition) is 3. The summed E-state index contributed by atoms with van der Waals surface area (Å²) in [4.78, 5) is 12.3. The highest BCUT2D eigenvalue weighted by Crippen LogP contribution is 2.15. The van der Waals surface area contributed by atoms with E-state index in [1.54, 1.807) is 11.1 Å². The van der Waals surface area contributed by atoms with Crippen LogP contribution in [0.2, 0.25) is 0 Å². The molecular weight excluding hydrogens is 329 g/mol. The van der Waals surface area contributed by atoms with Crippen LogP contribution in [0.5, 0.6) is 0 Å². The molecule has 6 heteroatoms. The summed E-state index contributed by atoms with van der Waals surface area (Å²) in [5, 5.41) is 0. The molecule has 0 aliphatic heterocycles. The van der Waals surface area contributed by atoms with Gasteiger partial charge in [-0.05, 0) is 6.07 Å². The molecule has 2 N–H and O–H groups in total. The molecule has 0 radical (unpaired) electrons. The number of rotatable bonds is 3. The first-order valence-electron chi connectivity index (χ1n) is 5.11. The van der Waals surface area contributed by atoms with Crippen LogP contribution in [0.3, 0.4) is 0 Å². The van der Waals surface area contributed by atoms with Gasteiger partial charge in [-0.15, -0.1) is 24.0 Å². The molecule has 0 amide bonds. The molecule has 1 aromatic heterocycles. The number of nitrogens with two attached hydrogens (primary N) is 1. The Morgan fingerprint density at radius 1 is 1.35 bits per heavy atom. The van der Waals surface area contributed by atoms with Gasteiger partial charge in [0.1, 0.15) is 5.82 Å². The number of pyridine rings is 1. The van der Waals surface area contributed by atoms with Crippen LogP contribution in [-0.4, -0.2) is 44.0 Å². The summed E-state index contributed by atoms with van der Waals surface area (Å²) in [6, 6.07) is 3.92. The number of halogens is 1. The predicted molar refractivity (Wildman–Crippen MR) is 83.0 cm³/mol. The minimum atomic E-state index is 0. The van der Waals surface area contributed by atoms with Gasteiger partial charge in [0.05, 0.1) is 6.54 Å². The maximum absolute atomic E-state index is 5.73. The highest BCUT2D eigenvalue weighted by atomic mass is 127. The van der Waals surface area contributed by atoms with Crippen LogP contribution in [0.1, 0.15) is 5.56 Å². The van der Waals surface area contributed by atoms with Crippen LogP contribution in [0.4, 0.5) is 5.82 Å². The maximum Gasteiger partial charge on any atom is 0.191 e. The normalized spacial score (nSPS) is 10.7. The molecule has 0 fully saturated rings. The van der Waals surface area contributed by atoms with Crippen molar-refractivity contribution in [2.45, 2.75) is 6.54 Å². The highest BCUT2D eigenvalue weighted by Gasteiger charge is 2.04. The Morgan fingerprint density at radius 2 is 2.00 bits per heavy atom. The Hall–Kier alpha value is -1.05. The van der Waals surface area contributed by atoms with E-state index in [4.69, 9.17) is 5.73 Å². The van der Waals surface area contributed by atoms with Crippen molar-refractivity contribution in [2.75, 3.05) is 33.1 Å². The lowest BCUT2D eigenvalue weighted by Gasteiger charge is -2.15. The zero-order chi connectivity index (χ0) is 12.1. The standard InChI is InChI=1S/C11H19N5.HI/c1-15(2)10-9(6-5-7-13-10)8-14-11(12)16(3)4;/h5-7H,8H2,1-4H3,(H2,12,14);1H. The van der Waals surface area contributed by atoms with E-state index in [0.717, 1.165) is 11.4 Å². The highest BCUT2D eigenvalue weighted by molar-refractivity contribution is 14.0. The van der Waals surface area contributed by atoms with E-state index in [1.807, 2.05) is 45.2 Å². The summed E-state index contributed by atoms with van der Waals surface area (Å²) < 4.78 is 0. The van der Waals surface area contributed by atoms with Crippen LogP contribution in [0.25, 0.3) is 0 Å². The van der Waals surface area contributed by atoms with Gasteiger partial charge in [0.25, 0.3) is 0 Å². The van der Waals surface area contributed by atoms with Crippen molar-refractivity contribution in [3.8, 4) is 0 Å².